The molecule has 1 atom stereocenters. The second-order valence-corrected chi connectivity index (χ2v) is 5.12. The average Bonchev–Trinajstić information content (AvgIpc) is 2.67. The van der Waals surface area contributed by atoms with E-state index in [2.05, 4.69) is 34.5 Å². The Hall–Kier alpha value is -1.73. The molecule has 1 aromatic rings. The van der Waals surface area contributed by atoms with E-state index < -0.39 is 0 Å². The van der Waals surface area contributed by atoms with Gasteiger partial charge in [0.05, 0.1) is 0 Å². The van der Waals surface area contributed by atoms with Crippen molar-refractivity contribution in [2.24, 2.45) is 5.84 Å². The van der Waals surface area contributed by atoms with Gasteiger partial charge < -0.3 is 15.2 Å². The van der Waals surface area contributed by atoms with E-state index in [-0.39, 0.29) is 11.9 Å². The number of nitrogens with one attached hydrogen (secondary N) is 1. The van der Waals surface area contributed by atoms with Crippen LogP contribution in [0.1, 0.15) is 30.3 Å². The van der Waals surface area contributed by atoms with E-state index in [1.165, 1.54) is 0 Å². The van der Waals surface area contributed by atoms with Gasteiger partial charge in [0, 0.05) is 19.1 Å². The highest BCUT2D eigenvalue weighted by molar-refractivity contribution is 5.92. The Labute approximate surface area is 119 Å². The minimum Gasteiger partial charge on any atom is -0.333 e. The van der Waals surface area contributed by atoms with Crippen molar-refractivity contribution in [3.05, 3.63) is 17.8 Å². The molecule has 1 aromatic heterocycles. The summed E-state index contributed by atoms with van der Waals surface area (Å²) in [7, 11) is 2.10. The first-order chi connectivity index (χ1) is 9.65. The Bertz CT molecular complexity index is 449. The van der Waals surface area contributed by atoms with Crippen molar-refractivity contribution < 1.29 is 4.79 Å². The number of carbonyl (C=O) groups is 1. The van der Waals surface area contributed by atoms with Gasteiger partial charge >= 0.3 is 0 Å². The van der Waals surface area contributed by atoms with Crippen LogP contribution in [-0.2, 0) is 0 Å². The number of hydrazine groups is 1. The number of carbonyl (C=O) groups excluding carboxylic acids is 1. The summed E-state index contributed by atoms with van der Waals surface area (Å²) in [4.78, 5) is 16.8. The van der Waals surface area contributed by atoms with Crippen LogP contribution in [0.25, 0.3) is 0 Å². The fraction of sp³-hybridized carbons (Fsp3) is 0.615. The maximum absolute atomic E-state index is 12.6. The zero-order chi connectivity index (χ0) is 14.5. The molecule has 0 saturated carbocycles. The zero-order valence-corrected chi connectivity index (χ0v) is 12.0. The third kappa shape index (κ3) is 3.23. The maximum atomic E-state index is 12.6. The van der Waals surface area contributed by atoms with Gasteiger partial charge in [-0.2, -0.15) is 0 Å². The summed E-state index contributed by atoms with van der Waals surface area (Å²) < 4.78 is 0. The Morgan fingerprint density at radius 2 is 2.25 bits per heavy atom. The van der Waals surface area contributed by atoms with Crippen LogP contribution < -0.4 is 11.3 Å². The van der Waals surface area contributed by atoms with E-state index in [4.69, 9.17) is 5.84 Å². The third-order valence-corrected chi connectivity index (χ3v) is 3.67. The molecule has 7 nitrogen and oxygen atoms in total. The number of aromatic nitrogens is 2. The van der Waals surface area contributed by atoms with Gasteiger partial charge in [0.25, 0.3) is 5.91 Å². The number of nitrogens with two attached hydrogens (primary N) is 1. The van der Waals surface area contributed by atoms with Crippen LogP contribution >= 0.6 is 0 Å². The molecular formula is C13H22N6O. The van der Waals surface area contributed by atoms with Gasteiger partial charge in [0.15, 0.2) is 11.5 Å². The summed E-state index contributed by atoms with van der Waals surface area (Å²) in [6, 6.07) is 3.54. The molecule has 3 N–H and O–H groups in total. The first-order valence-electron chi connectivity index (χ1n) is 6.95. The highest BCUT2D eigenvalue weighted by Crippen LogP contribution is 2.15. The molecule has 7 heteroatoms. The van der Waals surface area contributed by atoms with Crippen LogP contribution in [0.5, 0.6) is 0 Å². The lowest BCUT2D eigenvalue weighted by molar-refractivity contribution is 0.0668. The highest BCUT2D eigenvalue weighted by atomic mass is 16.2. The average molecular weight is 278 g/mol. The largest absolute Gasteiger partial charge is 0.333 e. The van der Waals surface area contributed by atoms with Crippen molar-refractivity contribution in [3.8, 4) is 0 Å². The van der Waals surface area contributed by atoms with Crippen LogP contribution in [-0.4, -0.2) is 58.6 Å². The van der Waals surface area contributed by atoms with Crippen LogP contribution in [0, 0.1) is 0 Å². The third-order valence-electron chi connectivity index (χ3n) is 3.67. The monoisotopic (exact) mass is 278 g/mol. The smallest absolute Gasteiger partial charge is 0.274 e. The van der Waals surface area contributed by atoms with Crippen LogP contribution in [0.2, 0.25) is 0 Å². The quantitative estimate of drug-likeness (QED) is 0.611. The molecule has 0 aliphatic carbocycles. The number of hydrogen-bond donors (Lipinski definition) is 2. The number of likely N-dealkylation sites (N-methyl/N-ethyl adjacent to an activating group) is 1. The maximum Gasteiger partial charge on any atom is 0.274 e. The number of nitrogens with zero attached hydrogens (tertiary/aromatic N) is 4. The number of anilines is 1. The van der Waals surface area contributed by atoms with Gasteiger partial charge in [0.1, 0.15) is 0 Å². The molecule has 1 saturated heterocycles. The number of rotatable bonds is 3. The standard InChI is InChI=1S/C13H22N6O/c1-3-10-9-18(2)7-4-8-19(10)13(20)11-5-6-12(15-14)17-16-11/h5-6,10H,3-4,7-9,14H2,1-2H3,(H,15,17). The molecule has 1 aliphatic heterocycles. The van der Waals surface area contributed by atoms with Crippen molar-refractivity contribution in [2.45, 2.75) is 25.8 Å². The predicted octanol–water partition coefficient (Wildman–Crippen LogP) is 0.319. The highest BCUT2D eigenvalue weighted by Gasteiger charge is 2.27. The van der Waals surface area contributed by atoms with Crippen molar-refractivity contribution in [1.29, 1.82) is 0 Å². The molecule has 20 heavy (non-hydrogen) atoms. The fourth-order valence-corrected chi connectivity index (χ4v) is 2.53. The van der Waals surface area contributed by atoms with E-state index in [9.17, 15) is 4.79 Å². The van der Waals surface area contributed by atoms with Crippen LogP contribution in [0.4, 0.5) is 5.82 Å². The van der Waals surface area contributed by atoms with E-state index in [1.807, 2.05) is 4.90 Å². The molecule has 0 bridgehead atoms. The van der Waals surface area contributed by atoms with E-state index in [0.717, 1.165) is 32.5 Å². The van der Waals surface area contributed by atoms with Crippen molar-refractivity contribution in [3.63, 3.8) is 0 Å². The number of amides is 1. The molecule has 0 aromatic carbocycles. The van der Waals surface area contributed by atoms with Crippen molar-refractivity contribution in [1.82, 2.24) is 20.0 Å². The molecule has 110 valence electrons. The normalized spacial score (nSPS) is 20.6. The molecule has 1 unspecified atom stereocenters. The molecule has 1 fully saturated rings. The van der Waals surface area contributed by atoms with Gasteiger partial charge in [-0.15, -0.1) is 10.2 Å². The van der Waals surface area contributed by atoms with Gasteiger partial charge in [-0.05, 0) is 38.6 Å². The predicted molar refractivity (Wildman–Crippen MR) is 77.1 cm³/mol. The second-order valence-electron chi connectivity index (χ2n) is 5.12. The van der Waals surface area contributed by atoms with E-state index in [1.54, 1.807) is 12.1 Å². The van der Waals surface area contributed by atoms with Crippen molar-refractivity contribution in [2.75, 3.05) is 32.1 Å². The lowest BCUT2D eigenvalue weighted by Crippen LogP contribution is -2.43. The van der Waals surface area contributed by atoms with E-state index in [0.29, 0.717) is 11.5 Å². The molecular weight excluding hydrogens is 256 g/mol. The molecule has 0 radical (unpaired) electrons. The Kier molecular flexibility index (Phi) is 4.86. The van der Waals surface area contributed by atoms with Crippen molar-refractivity contribution >= 4 is 11.7 Å². The molecule has 2 rings (SSSR count). The van der Waals surface area contributed by atoms with Gasteiger partial charge in [-0.25, -0.2) is 5.84 Å². The number of nitrogen functional groups attached to an aromatic ring is 1. The fourth-order valence-electron chi connectivity index (χ4n) is 2.53. The van der Waals surface area contributed by atoms with Gasteiger partial charge in [-0.1, -0.05) is 6.92 Å². The summed E-state index contributed by atoms with van der Waals surface area (Å²) in [6.45, 7) is 4.79. The summed E-state index contributed by atoms with van der Waals surface area (Å²) in [5.74, 6) is 5.64. The first kappa shape index (κ1) is 14.7. The van der Waals surface area contributed by atoms with Gasteiger partial charge in [0.2, 0.25) is 0 Å². The Morgan fingerprint density at radius 3 is 2.85 bits per heavy atom. The number of hydrogen-bond acceptors (Lipinski definition) is 6. The van der Waals surface area contributed by atoms with Crippen LogP contribution in [0.15, 0.2) is 12.1 Å². The minimum atomic E-state index is -0.0526. The SMILES string of the molecule is CCC1CN(C)CCCN1C(=O)c1ccc(NN)nn1. The Balaban J connectivity index is 2.16. The summed E-state index contributed by atoms with van der Waals surface area (Å²) in [5, 5.41) is 7.80. The lowest BCUT2D eigenvalue weighted by atomic mass is 10.1. The minimum absolute atomic E-state index is 0.0526. The summed E-state index contributed by atoms with van der Waals surface area (Å²) >= 11 is 0. The molecule has 1 aliphatic rings. The van der Waals surface area contributed by atoms with Gasteiger partial charge in [-0.3, -0.25) is 4.79 Å². The summed E-state index contributed by atoms with van der Waals surface area (Å²) in [6.07, 6.45) is 1.92. The molecule has 1 amide bonds. The summed E-state index contributed by atoms with van der Waals surface area (Å²) in [5.41, 5.74) is 2.77. The topological polar surface area (TPSA) is 87.4 Å². The Morgan fingerprint density at radius 1 is 1.45 bits per heavy atom. The first-order valence-corrected chi connectivity index (χ1v) is 6.95. The zero-order valence-electron chi connectivity index (χ0n) is 12.0. The van der Waals surface area contributed by atoms with E-state index >= 15 is 0 Å². The molecule has 2 heterocycles. The van der Waals surface area contributed by atoms with Crippen LogP contribution in [0.3, 0.4) is 0 Å². The molecule has 0 spiro atoms. The lowest BCUT2D eigenvalue weighted by Gasteiger charge is -2.29. The second kappa shape index (κ2) is 6.62.